The standard InChI is InChI=1S/C11H10O/c1-9-7-11(12-8-9)10-5-3-2-4-6-10/h2-7H,1,8H2. The Labute approximate surface area is 72.0 Å². The van der Waals surface area contributed by atoms with Crippen molar-refractivity contribution >= 4 is 5.76 Å². The summed E-state index contributed by atoms with van der Waals surface area (Å²) >= 11 is 0. The van der Waals surface area contributed by atoms with Gasteiger partial charge in [-0.15, -0.1) is 0 Å². The van der Waals surface area contributed by atoms with E-state index >= 15 is 0 Å². The zero-order valence-electron chi connectivity index (χ0n) is 6.79. The molecule has 2 rings (SSSR count). The van der Waals surface area contributed by atoms with Crippen molar-refractivity contribution in [3.63, 3.8) is 0 Å². The van der Waals surface area contributed by atoms with E-state index in [1.54, 1.807) is 0 Å². The summed E-state index contributed by atoms with van der Waals surface area (Å²) in [4.78, 5) is 0. The molecule has 0 radical (unpaired) electrons. The highest BCUT2D eigenvalue weighted by Crippen LogP contribution is 2.23. The molecule has 1 heterocycles. The number of hydrogen-bond donors (Lipinski definition) is 0. The molecule has 1 nitrogen and oxygen atoms in total. The molecule has 0 fully saturated rings. The van der Waals surface area contributed by atoms with Crippen molar-refractivity contribution in [1.29, 1.82) is 0 Å². The van der Waals surface area contributed by atoms with E-state index in [0.29, 0.717) is 6.61 Å². The summed E-state index contributed by atoms with van der Waals surface area (Å²) in [6, 6.07) is 10.1. The maximum Gasteiger partial charge on any atom is 0.127 e. The highest BCUT2D eigenvalue weighted by atomic mass is 16.5. The third kappa shape index (κ3) is 1.26. The third-order valence-electron chi connectivity index (χ3n) is 1.81. The van der Waals surface area contributed by atoms with Gasteiger partial charge >= 0.3 is 0 Å². The molecule has 1 aliphatic rings. The van der Waals surface area contributed by atoms with Gasteiger partial charge in [0.05, 0.1) is 0 Å². The minimum atomic E-state index is 0.629. The van der Waals surface area contributed by atoms with Crippen LogP contribution in [0.1, 0.15) is 5.56 Å². The molecule has 0 bridgehead atoms. The van der Waals surface area contributed by atoms with Crippen LogP contribution in [-0.4, -0.2) is 6.61 Å². The van der Waals surface area contributed by atoms with Crippen LogP contribution in [0.25, 0.3) is 5.76 Å². The summed E-state index contributed by atoms with van der Waals surface area (Å²) in [5.74, 6) is 0.931. The van der Waals surface area contributed by atoms with E-state index in [1.807, 2.05) is 36.4 Å². The molecule has 0 atom stereocenters. The molecular weight excluding hydrogens is 148 g/mol. The average molecular weight is 158 g/mol. The van der Waals surface area contributed by atoms with Crippen molar-refractivity contribution in [2.75, 3.05) is 6.61 Å². The second-order valence-electron chi connectivity index (χ2n) is 2.82. The molecule has 0 saturated carbocycles. The SMILES string of the molecule is C=C1C=C(c2ccccc2)OC1. The topological polar surface area (TPSA) is 9.23 Å². The smallest absolute Gasteiger partial charge is 0.127 e. The lowest BCUT2D eigenvalue weighted by molar-refractivity contribution is 0.330. The van der Waals surface area contributed by atoms with Gasteiger partial charge < -0.3 is 4.74 Å². The van der Waals surface area contributed by atoms with Crippen molar-refractivity contribution in [2.45, 2.75) is 0 Å². The number of benzene rings is 1. The molecule has 0 saturated heterocycles. The summed E-state index contributed by atoms with van der Waals surface area (Å²) in [5.41, 5.74) is 2.16. The molecule has 0 N–H and O–H groups in total. The quantitative estimate of drug-likeness (QED) is 0.610. The van der Waals surface area contributed by atoms with E-state index in [1.165, 1.54) is 0 Å². The molecule has 0 aromatic heterocycles. The molecule has 1 heteroatoms. The van der Waals surface area contributed by atoms with Crippen LogP contribution < -0.4 is 0 Å². The Morgan fingerprint density at radius 1 is 1.17 bits per heavy atom. The molecule has 0 unspecified atom stereocenters. The fraction of sp³-hybridized carbons (Fsp3) is 0.0909. The highest BCUT2D eigenvalue weighted by Gasteiger charge is 2.09. The Balaban J connectivity index is 2.33. The fourth-order valence-corrected chi connectivity index (χ4v) is 1.21. The summed E-state index contributed by atoms with van der Waals surface area (Å²) in [5, 5.41) is 0. The van der Waals surface area contributed by atoms with Gasteiger partial charge in [0.2, 0.25) is 0 Å². The zero-order chi connectivity index (χ0) is 8.39. The van der Waals surface area contributed by atoms with Gasteiger partial charge in [-0.1, -0.05) is 36.9 Å². The van der Waals surface area contributed by atoms with Crippen LogP contribution in [0.15, 0.2) is 48.6 Å². The molecule has 1 aliphatic heterocycles. The van der Waals surface area contributed by atoms with Gasteiger partial charge in [0.1, 0.15) is 12.4 Å². The van der Waals surface area contributed by atoms with Crippen LogP contribution in [0.5, 0.6) is 0 Å². The van der Waals surface area contributed by atoms with Gasteiger partial charge in [-0.25, -0.2) is 0 Å². The average Bonchev–Trinajstić information content (AvgIpc) is 2.54. The van der Waals surface area contributed by atoms with Crippen LogP contribution in [0.3, 0.4) is 0 Å². The highest BCUT2D eigenvalue weighted by molar-refractivity contribution is 5.65. The summed E-state index contributed by atoms with van der Waals surface area (Å²) in [6.07, 6.45) is 1.98. The third-order valence-corrected chi connectivity index (χ3v) is 1.81. The van der Waals surface area contributed by atoms with E-state index < -0.39 is 0 Å². The normalized spacial score (nSPS) is 15.7. The summed E-state index contributed by atoms with van der Waals surface area (Å²) < 4.78 is 5.41. The van der Waals surface area contributed by atoms with E-state index in [0.717, 1.165) is 16.9 Å². The molecule has 1 aromatic carbocycles. The van der Waals surface area contributed by atoms with Crippen molar-refractivity contribution < 1.29 is 4.74 Å². The minimum Gasteiger partial charge on any atom is -0.488 e. The fourth-order valence-electron chi connectivity index (χ4n) is 1.21. The van der Waals surface area contributed by atoms with Crippen molar-refractivity contribution in [1.82, 2.24) is 0 Å². The monoisotopic (exact) mass is 158 g/mol. The Morgan fingerprint density at radius 2 is 1.92 bits per heavy atom. The van der Waals surface area contributed by atoms with Gasteiger partial charge in [-0.2, -0.15) is 0 Å². The van der Waals surface area contributed by atoms with Crippen molar-refractivity contribution in [2.24, 2.45) is 0 Å². The lowest BCUT2D eigenvalue weighted by Gasteiger charge is -2.01. The molecule has 0 aliphatic carbocycles. The Morgan fingerprint density at radius 3 is 2.50 bits per heavy atom. The maximum atomic E-state index is 5.41. The van der Waals surface area contributed by atoms with Crippen LogP contribution in [-0.2, 0) is 4.74 Å². The Kier molecular flexibility index (Phi) is 1.71. The minimum absolute atomic E-state index is 0.629. The van der Waals surface area contributed by atoms with Crippen LogP contribution in [0, 0.1) is 0 Å². The van der Waals surface area contributed by atoms with Crippen LogP contribution in [0.4, 0.5) is 0 Å². The molecule has 1 aromatic rings. The largest absolute Gasteiger partial charge is 0.488 e. The lowest BCUT2D eigenvalue weighted by Crippen LogP contribution is -1.84. The molecule has 0 spiro atoms. The van der Waals surface area contributed by atoms with Crippen molar-refractivity contribution in [3.05, 3.63) is 54.1 Å². The van der Waals surface area contributed by atoms with Crippen LogP contribution in [0.2, 0.25) is 0 Å². The van der Waals surface area contributed by atoms with Crippen LogP contribution >= 0.6 is 0 Å². The predicted octanol–water partition coefficient (Wildman–Crippen LogP) is 2.61. The lowest BCUT2D eigenvalue weighted by atomic mass is 10.2. The molecule has 12 heavy (non-hydrogen) atoms. The first-order chi connectivity index (χ1) is 5.86. The van der Waals surface area contributed by atoms with E-state index in [9.17, 15) is 0 Å². The Bertz CT molecular complexity index is 322. The number of ether oxygens (including phenoxy) is 1. The van der Waals surface area contributed by atoms with Gasteiger partial charge in [-0.3, -0.25) is 0 Å². The van der Waals surface area contributed by atoms with E-state index in [2.05, 4.69) is 6.58 Å². The summed E-state index contributed by atoms with van der Waals surface area (Å²) in [7, 11) is 0. The van der Waals surface area contributed by atoms with Gasteiger partial charge in [0, 0.05) is 5.56 Å². The van der Waals surface area contributed by atoms with Crippen molar-refractivity contribution in [3.8, 4) is 0 Å². The number of hydrogen-bond acceptors (Lipinski definition) is 1. The molecule has 60 valence electrons. The molecule has 0 amide bonds. The number of rotatable bonds is 1. The van der Waals surface area contributed by atoms with Gasteiger partial charge in [0.15, 0.2) is 0 Å². The second kappa shape index (κ2) is 2.86. The van der Waals surface area contributed by atoms with E-state index in [4.69, 9.17) is 4.74 Å². The first-order valence-corrected chi connectivity index (χ1v) is 3.94. The summed E-state index contributed by atoms with van der Waals surface area (Å²) in [6.45, 7) is 4.46. The second-order valence-corrected chi connectivity index (χ2v) is 2.82. The van der Waals surface area contributed by atoms with E-state index in [-0.39, 0.29) is 0 Å². The first kappa shape index (κ1) is 7.17. The Hall–Kier alpha value is -1.50. The zero-order valence-corrected chi connectivity index (χ0v) is 6.79. The van der Waals surface area contributed by atoms with Gasteiger partial charge in [0.25, 0.3) is 0 Å². The molecular formula is C11H10O. The van der Waals surface area contributed by atoms with Gasteiger partial charge in [-0.05, 0) is 11.6 Å². The first-order valence-electron chi connectivity index (χ1n) is 3.94. The predicted molar refractivity (Wildman–Crippen MR) is 49.5 cm³/mol. The maximum absolute atomic E-state index is 5.41.